The van der Waals surface area contributed by atoms with Crippen LogP contribution in [0.3, 0.4) is 0 Å². The van der Waals surface area contributed by atoms with Crippen LogP contribution < -0.4 is 4.74 Å². The zero-order valence-electron chi connectivity index (χ0n) is 17.2. The Kier molecular flexibility index (Phi) is 9.92. The van der Waals surface area contributed by atoms with Gasteiger partial charge >= 0.3 is 5.97 Å². The van der Waals surface area contributed by atoms with Gasteiger partial charge in [-0.3, -0.25) is 0 Å². The highest BCUT2D eigenvalue weighted by Gasteiger charge is 2.03. The molecule has 0 aromatic heterocycles. The molecule has 0 radical (unpaired) electrons. The van der Waals surface area contributed by atoms with Crippen LogP contribution >= 0.6 is 0 Å². The third-order valence-electron chi connectivity index (χ3n) is 4.70. The summed E-state index contributed by atoms with van der Waals surface area (Å²) in [7, 11) is 1.39. The highest BCUT2D eigenvalue weighted by molar-refractivity contribution is 5.89. The third-order valence-corrected chi connectivity index (χ3v) is 4.70. The molecular formula is C25H32O3. The predicted octanol–water partition coefficient (Wildman–Crippen LogP) is 6.77. The summed E-state index contributed by atoms with van der Waals surface area (Å²) in [6.07, 6.45) is 13.1. The number of unbranched alkanes of at least 4 members (excludes halogenated alkanes) is 6. The number of hydrogen-bond acceptors (Lipinski definition) is 3. The van der Waals surface area contributed by atoms with Gasteiger partial charge in [0.25, 0.3) is 0 Å². The standard InChI is InChI=1S/C25H32O3/c1-3-4-5-6-7-8-9-20-28-24-18-14-22(15-19-24)11-10-21-12-16-23(17-13-21)25(26)27-2/h10-19H,3-9,20H2,1-2H3/b11-10+. The predicted molar refractivity (Wildman–Crippen MR) is 117 cm³/mol. The van der Waals surface area contributed by atoms with Crippen molar-refractivity contribution in [1.29, 1.82) is 0 Å². The zero-order chi connectivity index (χ0) is 20.0. The molecule has 0 bridgehead atoms. The molecular weight excluding hydrogens is 348 g/mol. The van der Waals surface area contributed by atoms with Gasteiger partial charge in [0.15, 0.2) is 0 Å². The van der Waals surface area contributed by atoms with Gasteiger partial charge in [-0.25, -0.2) is 4.79 Å². The van der Waals surface area contributed by atoms with Crippen LogP contribution in [0.2, 0.25) is 0 Å². The largest absolute Gasteiger partial charge is 0.494 e. The summed E-state index contributed by atoms with van der Waals surface area (Å²) in [6.45, 7) is 3.04. The fourth-order valence-electron chi connectivity index (χ4n) is 2.96. The van der Waals surface area contributed by atoms with Crippen LogP contribution in [0.1, 0.15) is 73.4 Å². The third kappa shape index (κ3) is 7.99. The molecule has 0 aliphatic carbocycles. The topological polar surface area (TPSA) is 35.5 Å². The highest BCUT2D eigenvalue weighted by atomic mass is 16.5. The molecule has 0 saturated heterocycles. The molecule has 2 aromatic rings. The van der Waals surface area contributed by atoms with Gasteiger partial charge in [0.1, 0.15) is 5.75 Å². The molecule has 0 unspecified atom stereocenters. The lowest BCUT2D eigenvalue weighted by Crippen LogP contribution is -2.00. The molecule has 0 fully saturated rings. The first kappa shape index (κ1) is 21.7. The van der Waals surface area contributed by atoms with Crippen molar-refractivity contribution >= 4 is 18.1 Å². The summed E-state index contributed by atoms with van der Waals surface area (Å²) >= 11 is 0. The first-order chi connectivity index (χ1) is 13.7. The smallest absolute Gasteiger partial charge is 0.337 e. The van der Waals surface area contributed by atoms with Crippen molar-refractivity contribution in [2.45, 2.75) is 51.9 Å². The molecule has 0 N–H and O–H groups in total. The normalized spacial score (nSPS) is 10.9. The van der Waals surface area contributed by atoms with Crippen molar-refractivity contribution in [2.24, 2.45) is 0 Å². The summed E-state index contributed by atoms with van der Waals surface area (Å²) in [5, 5.41) is 0. The molecule has 0 atom stereocenters. The summed E-state index contributed by atoms with van der Waals surface area (Å²) in [5.41, 5.74) is 2.70. The van der Waals surface area contributed by atoms with Gasteiger partial charge in [0, 0.05) is 0 Å². The Balaban J connectivity index is 1.72. The minimum absolute atomic E-state index is 0.317. The monoisotopic (exact) mass is 380 g/mol. The lowest BCUT2D eigenvalue weighted by Gasteiger charge is -2.06. The van der Waals surface area contributed by atoms with Crippen LogP contribution in [0, 0.1) is 0 Å². The van der Waals surface area contributed by atoms with E-state index in [0.717, 1.165) is 29.9 Å². The average Bonchev–Trinajstić information content (AvgIpc) is 2.75. The van der Waals surface area contributed by atoms with Crippen LogP contribution in [0.15, 0.2) is 48.5 Å². The molecule has 0 amide bonds. The number of carbonyl (C=O) groups is 1. The number of carbonyl (C=O) groups excluding carboxylic acids is 1. The Morgan fingerprint density at radius 2 is 1.32 bits per heavy atom. The molecule has 0 aliphatic heterocycles. The van der Waals surface area contributed by atoms with Crippen molar-refractivity contribution in [3.63, 3.8) is 0 Å². The van der Waals surface area contributed by atoms with Crippen LogP contribution in [0.5, 0.6) is 5.75 Å². The summed E-state index contributed by atoms with van der Waals surface area (Å²) in [5.74, 6) is 0.605. The van der Waals surface area contributed by atoms with Crippen LogP contribution in [0.4, 0.5) is 0 Å². The van der Waals surface area contributed by atoms with Crippen molar-refractivity contribution in [2.75, 3.05) is 13.7 Å². The maximum absolute atomic E-state index is 11.4. The van der Waals surface area contributed by atoms with E-state index in [1.165, 1.54) is 45.6 Å². The average molecular weight is 381 g/mol. The second-order valence-electron chi connectivity index (χ2n) is 6.99. The Labute approximate surface area is 169 Å². The SMILES string of the molecule is CCCCCCCCCOc1ccc(/C=C/c2ccc(C(=O)OC)cc2)cc1. The number of benzene rings is 2. The summed E-state index contributed by atoms with van der Waals surface area (Å²) in [4.78, 5) is 11.4. The molecule has 2 aromatic carbocycles. The molecule has 3 nitrogen and oxygen atoms in total. The first-order valence-electron chi connectivity index (χ1n) is 10.3. The molecule has 0 saturated carbocycles. The Morgan fingerprint density at radius 1 is 0.786 bits per heavy atom. The molecule has 28 heavy (non-hydrogen) atoms. The van der Waals surface area contributed by atoms with Gasteiger partial charge in [0.2, 0.25) is 0 Å². The van der Waals surface area contributed by atoms with Crippen LogP contribution in [0.25, 0.3) is 12.2 Å². The quantitative estimate of drug-likeness (QED) is 0.231. The number of ether oxygens (including phenoxy) is 2. The van der Waals surface area contributed by atoms with Gasteiger partial charge < -0.3 is 9.47 Å². The van der Waals surface area contributed by atoms with E-state index < -0.39 is 0 Å². The molecule has 0 aliphatic rings. The lowest BCUT2D eigenvalue weighted by atomic mass is 10.1. The minimum atomic E-state index is -0.317. The van der Waals surface area contributed by atoms with Gasteiger partial charge in [0.05, 0.1) is 19.3 Å². The Bertz CT molecular complexity index is 714. The fraction of sp³-hybridized carbons (Fsp3) is 0.400. The van der Waals surface area contributed by atoms with E-state index in [2.05, 4.69) is 19.1 Å². The fourth-order valence-corrected chi connectivity index (χ4v) is 2.96. The van der Waals surface area contributed by atoms with Gasteiger partial charge in [-0.05, 0) is 41.8 Å². The second kappa shape index (κ2) is 12.8. The molecule has 0 spiro atoms. The van der Waals surface area contributed by atoms with Crippen molar-refractivity contribution < 1.29 is 14.3 Å². The highest BCUT2D eigenvalue weighted by Crippen LogP contribution is 2.16. The lowest BCUT2D eigenvalue weighted by molar-refractivity contribution is 0.0600. The van der Waals surface area contributed by atoms with Crippen molar-refractivity contribution in [3.8, 4) is 5.75 Å². The maximum atomic E-state index is 11.4. The summed E-state index contributed by atoms with van der Waals surface area (Å²) < 4.78 is 10.5. The van der Waals surface area contributed by atoms with Crippen LogP contribution in [-0.2, 0) is 4.74 Å². The van der Waals surface area contributed by atoms with E-state index in [1.54, 1.807) is 12.1 Å². The van der Waals surface area contributed by atoms with E-state index in [0.29, 0.717) is 5.56 Å². The summed E-state index contributed by atoms with van der Waals surface area (Å²) in [6, 6.07) is 15.5. The zero-order valence-corrected chi connectivity index (χ0v) is 17.2. The number of hydrogen-bond donors (Lipinski definition) is 0. The number of methoxy groups -OCH3 is 1. The number of esters is 1. The van der Waals surface area contributed by atoms with Crippen LogP contribution in [-0.4, -0.2) is 19.7 Å². The molecule has 150 valence electrons. The van der Waals surface area contributed by atoms with Gasteiger partial charge in [-0.2, -0.15) is 0 Å². The van der Waals surface area contributed by atoms with E-state index >= 15 is 0 Å². The van der Waals surface area contributed by atoms with Crippen molar-refractivity contribution in [3.05, 3.63) is 65.2 Å². The number of rotatable bonds is 12. The van der Waals surface area contributed by atoms with E-state index in [1.807, 2.05) is 36.4 Å². The Morgan fingerprint density at radius 3 is 1.89 bits per heavy atom. The van der Waals surface area contributed by atoms with Gasteiger partial charge in [-0.1, -0.05) is 81.9 Å². The van der Waals surface area contributed by atoms with Crippen molar-refractivity contribution in [1.82, 2.24) is 0 Å². The molecule has 2 rings (SSSR count). The second-order valence-corrected chi connectivity index (χ2v) is 6.99. The van der Waals surface area contributed by atoms with E-state index in [4.69, 9.17) is 9.47 Å². The molecule has 3 heteroatoms. The maximum Gasteiger partial charge on any atom is 0.337 e. The van der Waals surface area contributed by atoms with E-state index in [-0.39, 0.29) is 5.97 Å². The van der Waals surface area contributed by atoms with Gasteiger partial charge in [-0.15, -0.1) is 0 Å². The Hall–Kier alpha value is -2.55. The first-order valence-corrected chi connectivity index (χ1v) is 10.3. The molecule has 0 heterocycles. The van der Waals surface area contributed by atoms with E-state index in [9.17, 15) is 4.79 Å². The minimum Gasteiger partial charge on any atom is -0.494 e.